The lowest BCUT2D eigenvalue weighted by atomic mass is 9.86. The zero-order valence-electron chi connectivity index (χ0n) is 15.9. The molecule has 3 aromatic rings. The maximum absolute atomic E-state index is 13.4. The molecule has 0 spiro atoms. The number of aliphatic carboxylic acids is 1. The maximum Gasteiger partial charge on any atom is 0.306 e. The number of methoxy groups -OCH3 is 1. The highest BCUT2D eigenvalue weighted by Gasteiger charge is 2.29. The Morgan fingerprint density at radius 2 is 1.86 bits per heavy atom. The Morgan fingerprint density at radius 1 is 1.17 bits per heavy atom. The zero-order chi connectivity index (χ0) is 20.5. The van der Waals surface area contributed by atoms with E-state index in [-0.39, 0.29) is 29.0 Å². The van der Waals surface area contributed by atoms with Crippen molar-refractivity contribution in [2.24, 2.45) is 5.92 Å². The smallest absolute Gasteiger partial charge is 0.306 e. The monoisotopic (exact) mass is 395 g/mol. The number of hydrogen-bond donors (Lipinski definition) is 2. The number of carbonyl (C=O) groups is 1. The Kier molecular flexibility index (Phi) is 4.87. The van der Waals surface area contributed by atoms with Gasteiger partial charge in [-0.25, -0.2) is 15.0 Å². The lowest BCUT2D eigenvalue weighted by molar-refractivity contribution is -0.143. The van der Waals surface area contributed by atoms with Crippen molar-refractivity contribution in [2.45, 2.75) is 31.7 Å². The van der Waals surface area contributed by atoms with Gasteiger partial charge in [-0.15, -0.1) is 0 Å². The number of carboxylic acids is 1. The van der Waals surface area contributed by atoms with Crippen molar-refractivity contribution in [3.05, 3.63) is 40.9 Å². The third-order valence-electron chi connectivity index (χ3n) is 5.48. The molecule has 3 N–H and O–H groups in total. The first-order valence-electron chi connectivity index (χ1n) is 9.39. The molecule has 0 radical (unpaired) electrons. The van der Waals surface area contributed by atoms with Gasteiger partial charge in [0.15, 0.2) is 11.5 Å². The Bertz CT molecular complexity index is 1120. The van der Waals surface area contributed by atoms with Gasteiger partial charge in [-0.3, -0.25) is 14.2 Å². The van der Waals surface area contributed by atoms with E-state index in [1.165, 1.54) is 6.33 Å². The zero-order valence-corrected chi connectivity index (χ0v) is 15.9. The second-order valence-corrected chi connectivity index (χ2v) is 7.14. The van der Waals surface area contributed by atoms with Crippen LogP contribution in [0, 0.1) is 5.92 Å². The number of nitrogens with two attached hydrogens (primary N) is 1. The van der Waals surface area contributed by atoms with Crippen molar-refractivity contribution in [1.82, 2.24) is 19.5 Å². The first kappa shape index (κ1) is 18.9. The normalized spacial score (nSPS) is 19.2. The van der Waals surface area contributed by atoms with Gasteiger partial charge in [-0.2, -0.15) is 0 Å². The summed E-state index contributed by atoms with van der Waals surface area (Å²) in [5, 5.41) is 9.27. The predicted octanol–water partition coefficient (Wildman–Crippen LogP) is 2.26. The Hall–Kier alpha value is -3.49. The predicted molar refractivity (Wildman–Crippen MR) is 107 cm³/mol. The number of ether oxygens (including phenoxy) is 1. The molecule has 0 unspecified atom stereocenters. The summed E-state index contributed by atoms with van der Waals surface area (Å²) in [5.74, 6) is -0.306. The summed E-state index contributed by atoms with van der Waals surface area (Å²) < 4.78 is 6.79. The SMILES string of the molecule is COc1ccc(-c2nc3c(N)ncnc3n(C3CCC(C(=O)O)CC3)c2=O)cc1. The molecule has 1 fully saturated rings. The van der Waals surface area contributed by atoms with Gasteiger partial charge < -0.3 is 15.6 Å². The van der Waals surface area contributed by atoms with Crippen LogP contribution in [0.4, 0.5) is 5.82 Å². The molecule has 1 aliphatic rings. The minimum atomic E-state index is -0.791. The summed E-state index contributed by atoms with van der Waals surface area (Å²) in [6.07, 6.45) is 3.47. The molecule has 1 saturated carbocycles. The van der Waals surface area contributed by atoms with Gasteiger partial charge in [0, 0.05) is 11.6 Å². The molecular formula is C20H21N5O4. The van der Waals surface area contributed by atoms with Crippen LogP contribution in [-0.4, -0.2) is 37.7 Å². The summed E-state index contributed by atoms with van der Waals surface area (Å²) in [6, 6.07) is 6.87. The number of rotatable bonds is 4. The number of benzene rings is 1. The van der Waals surface area contributed by atoms with Crippen LogP contribution in [0.15, 0.2) is 35.4 Å². The molecule has 150 valence electrons. The van der Waals surface area contributed by atoms with Crippen LogP contribution in [0.3, 0.4) is 0 Å². The summed E-state index contributed by atoms with van der Waals surface area (Å²) in [5.41, 5.74) is 7.37. The van der Waals surface area contributed by atoms with E-state index < -0.39 is 5.97 Å². The van der Waals surface area contributed by atoms with Gasteiger partial charge in [0.25, 0.3) is 5.56 Å². The van der Waals surface area contributed by atoms with Crippen LogP contribution in [0.5, 0.6) is 5.75 Å². The molecule has 0 bridgehead atoms. The molecule has 0 amide bonds. The third kappa shape index (κ3) is 3.39. The standard InChI is InChI=1S/C20H21N5O4/c1-29-14-8-4-11(5-9-14)15-19(26)25(13-6-2-12(3-7-13)20(27)28)18-16(24-15)17(21)22-10-23-18/h4-5,8-10,12-13H,2-3,6-7H2,1H3,(H,27,28)(H2,21,22,23). The molecule has 9 heteroatoms. The molecule has 0 atom stereocenters. The lowest BCUT2D eigenvalue weighted by Crippen LogP contribution is -2.32. The summed E-state index contributed by atoms with van der Waals surface area (Å²) in [4.78, 5) is 37.5. The molecule has 1 aliphatic carbocycles. The quantitative estimate of drug-likeness (QED) is 0.687. The number of nitrogen functional groups attached to an aromatic ring is 1. The topological polar surface area (TPSA) is 133 Å². The van der Waals surface area contributed by atoms with Crippen molar-refractivity contribution in [1.29, 1.82) is 0 Å². The van der Waals surface area contributed by atoms with E-state index in [1.54, 1.807) is 35.9 Å². The van der Waals surface area contributed by atoms with E-state index in [2.05, 4.69) is 15.0 Å². The molecule has 0 aliphatic heterocycles. The van der Waals surface area contributed by atoms with Crippen LogP contribution in [-0.2, 0) is 4.79 Å². The minimum absolute atomic E-state index is 0.171. The number of anilines is 1. The molecule has 1 aromatic carbocycles. The fourth-order valence-corrected chi connectivity index (χ4v) is 3.89. The molecule has 29 heavy (non-hydrogen) atoms. The van der Waals surface area contributed by atoms with E-state index in [9.17, 15) is 14.7 Å². The lowest BCUT2D eigenvalue weighted by Gasteiger charge is -2.28. The number of nitrogens with zero attached hydrogens (tertiary/aromatic N) is 4. The van der Waals surface area contributed by atoms with E-state index in [4.69, 9.17) is 10.5 Å². The van der Waals surface area contributed by atoms with Crippen molar-refractivity contribution in [3.63, 3.8) is 0 Å². The Morgan fingerprint density at radius 3 is 2.48 bits per heavy atom. The highest BCUT2D eigenvalue weighted by Crippen LogP contribution is 2.33. The van der Waals surface area contributed by atoms with E-state index in [0.29, 0.717) is 48.2 Å². The fraction of sp³-hybridized carbons (Fsp3) is 0.350. The highest BCUT2D eigenvalue weighted by molar-refractivity contribution is 5.83. The van der Waals surface area contributed by atoms with Gasteiger partial charge >= 0.3 is 5.97 Å². The number of carboxylic acid groups (broad SMARTS) is 1. The Labute approximate surface area is 166 Å². The summed E-state index contributed by atoms with van der Waals surface area (Å²) >= 11 is 0. The fourth-order valence-electron chi connectivity index (χ4n) is 3.89. The van der Waals surface area contributed by atoms with Crippen LogP contribution < -0.4 is 16.0 Å². The number of aromatic nitrogens is 4. The molecular weight excluding hydrogens is 374 g/mol. The number of fused-ring (bicyclic) bond motifs is 1. The first-order chi connectivity index (χ1) is 14.0. The van der Waals surface area contributed by atoms with Gasteiger partial charge in [0.05, 0.1) is 13.0 Å². The van der Waals surface area contributed by atoms with Crippen LogP contribution in [0.25, 0.3) is 22.4 Å². The maximum atomic E-state index is 13.4. The van der Waals surface area contributed by atoms with Gasteiger partial charge in [0.2, 0.25) is 0 Å². The highest BCUT2D eigenvalue weighted by atomic mass is 16.5. The van der Waals surface area contributed by atoms with Crippen LogP contribution in [0.2, 0.25) is 0 Å². The van der Waals surface area contributed by atoms with E-state index in [1.807, 2.05) is 0 Å². The van der Waals surface area contributed by atoms with Crippen molar-refractivity contribution in [2.75, 3.05) is 12.8 Å². The molecule has 0 saturated heterocycles. The average Bonchev–Trinajstić information content (AvgIpc) is 2.74. The second kappa shape index (κ2) is 7.50. The minimum Gasteiger partial charge on any atom is -0.497 e. The summed E-state index contributed by atoms with van der Waals surface area (Å²) in [7, 11) is 1.57. The van der Waals surface area contributed by atoms with Crippen LogP contribution >= 0.6 is 0 Å². The number of hydrogen-bond acceptors (Lipinski definition) is 7. The second-order valence-electron chi connectivity index (χ2n) is 7.14. The van der Waals surface area contributed by atoms with Crippen molar-refractivity contribution >= 4 is 23.0 Å². The van der Waals surface area contributed by atoms with E-state index in [0.717, 1.165) is 0 Å². The van der Waals surface area contributed by atoms with Crippen molar-refractivity contribution < 1.29 is 14.6 Å². The average molecular weight is 395 g/mol. The molecule has 9 nitrogen and oxygen atoms in total. The van der Waals surface area contributed by atoms with E-state index >= 15 is 0 Å². The summed E-state index contributed by atoms with van der Waals surface area (Å²) in [6.45, 7) is 0. The van der Waals surface area contributed by atoms with Crippen molar-refractivity contribution in [3.8, 4) is 17.0 Å². The molecule has 4 rings (SSSR count). The largest absolute Gasteiger partial charge is 0.497 e. The van der Waals surface area contributed by atoms with Gasteiger partial charge in [0.1, 0.15) is 23.3 Å². The Balaban J connectivity index is 1.86. The van der Waals surface area contributed by atoms with Gasteiger partial charge in [-0.1, -0.05) is 0 Å². The third-order valence-corrected chi connectivity index (χ3v) is 5.48. The first-order valence-corrected chi connectivity index (χ1v) is 9.39. The molecule has 2 aromatic heterocycles. The molecule has 2 heterocycles. The van der Waals surface area contributed by atoms with Crippen LogP contribution in [0.1, 0.15) is 31.7 Å². The van der Waals surface area contributed by atoms with Gasteiger partial charge in [-0.05, 0) is 49.9 Å².